The summed E-state index contributed by atoms with van der Waals surface area (Å²) in [5, 5.41) is 16.3. The molecule has 0 heterocycles. The van der Waals surface area contributed by atoms with E-state index in [9.17, 15) is 0 Å². The van der Waals surface area contributed by atoms with Crippen molar-refractivity contribution in [3.05, 3.63) is 168 Å². The SMILES string of the molecule is Cc1c2c(c(C)c3c(C)cccc13)-c1ccc3c4ccc5c6c(ccc(c7ccc-2c1c73)c64)-c1c-5c(-c2ccccc2)c2ccccc2c1-c1ccccc1. The second kappa shape index (κ2) is 10.3. The highest BCUT2D eigenvalue weighted by Crippen LogP contribution is 2.61. The van der Waals surface area contributed by atoms with Gasteiger partial charge in [-0.1, -0.05) is 152 Å². The summed E-state index contributed by atoms with van der Waals surface area (Å²) in [5.41, 5.74) is 20.3. The summed E-state index contributed by atoms with van der Waals surface area (Å²) < 4.78 is 0. The van der Waals surface area contributed by atoms with Gasteiger partial charge < -0.3 is 0 Å². The lowest BCUT2D eigenvalue weighted by atomic mass is 9.82. The highest BCUT2D eigenvalue weighted by molar-refractivity contribution is 6.41. The Hall–Kier alpha value is -6.76. The quantitative estimate of drug-likeness (QED) is 0.125. The first-order valence-electron chi connectivity index (χ1n) is 19.5. The van der Waals surface area contributed by atoms with Gasteiger partial charge in [-0.15, -0.1) is 0 Å². The van der Waals surface area contributed by atoms with Crippen molar-refractivity contribution in [1.29, 1.82) is 0 Å². The van der Waals surface area contributed by atoms with E-state index >= 15 is 0 Å². The van der Waals surface area contributed by atoms with Crippen LogP contribution in [0, 0.1) is 20.8 Å². The van der Waals surface area contributed by atoms with Gasteiger partial charge >= 0.3 is 0 Å². The number of benzene rings is 11. The molecule has 0 unspecified atom stereocenters. The maximum Gasteiger partial charge on any atom is -0.000740 e. The molecule has 0 atom stereocenters. The third-order valence-corrected chi connectivity index (χ3v) is 13.4. The van der Waals surface area contributed by atoms with Crippen LogP contribution in [0.2, 0.25) is 0 Å². The molecule has 2 aliphatic rings. The Kier molecular flexibility index (Phi) is 5.53. The molecular formula is C55H34. The lowest BCUT2D eigenvalue weighted by molar-refractivity contribution is 1.43. The normalized spacial score (nSPS) is 12.6. The highest BCUT2D eigenvalue weighted by Gasteiger charge is 2.34. The van der Waals surface area contributed by atoms with Crippen molar-refractivity contribution >= 4 is 64.6 Å². The Labute approximate surface area is 319 Å². The second-order valence-corrected chi connectivity index (χ2v) is 15.9. The van der Waals surface area contributed by atoms with E-state index in [0.717, 1.165) is 0 Å². The molecule has 0 aliphatic heterocycles. The summed E-state index contributed by atoms with van der Waals surface area (Å²) >= 11 is 0. The van der Waals surface area contributed by atoms with Gasteiger partial charge in [0, 0.05) is 0 Å². The van der Waals surface area contributed by atoms with Crippen LogP contribution in [0.25, 0.3) is 131 Å². The van der Waals surface area contributed by atoms with Crippen LogP contribution < -0.4 is 0 Å². The summed E-state index contributed by atoms with van der Waals surface area (Å²) in [6, 6.07) is 57.4. The van der Waals surface area contributed by atoms with Crippen molar-refractivity contribution < 1.29 is 0 Å². The fraction of sp³-hybridized carbons (Fsp3) is 0.0545. The minimum Gasteiger partial charge on any atom is -0.0622 e. The smallest absolute Gasteiger partial charge is 0.000740 e. The molecule has 13 rings (SSSR count). The second-order valence-electron chi connectivity index (χ2n) is 15.9. The van der Waals surface area contributed by atoms with Crippen molar-refractivity contribution in [3.63, 3.8) is 0 Å². The topological polar surface area (TPSA) is 0 Å². The molecule has 0 amide bonds. The first-order valence-corrected chi connectivity index (χ1v) is 19.5. The summed E-state index contributed by atoms with van der Waals surface area (Å²) in [7, 11) is 0. The minimum absolute atomic E-state index is 1.26. The molecule has 0 spiro atoms. The maximum absolute atomic E-state index is 2.44. The van der Waals surface area contributed by atoms with Crippen LogP contribution in [0.5, 0.6) is 0 Å². The van der Waals surface area contributed by atoms with E-state index in [-0.39, 0.29) is 0 Å². The lowest BCUT2D eigenvalue weighted by Gasteiger charge is -2.20. The molecule has 11 aromatic rings. The first kappa shape index (κ1) is 29.7. The Balaban J connectivity index is 1.19. The monoisotopic (exact) mass is 694 g/mol. The Bertz CT molecular complexity index is 3390. The van der Waals surface area contributed by atoms with Gasteiger partial charge in [-0.3, -0.25) is 0 Å². The molecule has 0 nitrogen and oxygen atoms in total. The zero-order valence-electron chi connectivity index (χ0n) is 30.9. The van der Waals surface area contributed by atoms with Gasteiger partial charge in [0.2, 0.25) is 0 Å². The fourth-order valence-electron chi connectivity index (χ4n) is 11.3. The molecule has 0 aromatic heterocycles. The van der Waals surface area contributed by atoms with Crippen molar-refractivity contribution in [1.82, 2.24) is 0 Å². The summed E-state index contributed by atoms with van der Waals surface area (Å²) in [5.74, 6) is 0. The molecule has 0 fully saturated rings. The summed E-state index contributed by atoms with van der Waals surface area (Å²) in [4.78, 5) is 0. The van der Waals surface area contributed by atoms with Gasteiger partial charge in [-0.2, -0.15) is 0 Å². The predicted molar refractivity (Wildman–Crippen MR) is 237 cm³/mol. The molecule has 2 aliphatic carbocycles. The number of fused-ring (bicyclic) bond motifs is 10. The van der Waals surface area contributed by atoms with Crippen molar-refractivity contribution in [2.24, 2.45) is 0 Å². The number of hydrogen-bond acceptors (Lipinski definition) is 0. The molecule has 0 saturated heterocycles. The highest BCUT2D eigenvalue weighted by atomic mass is 14.4. The Morgan fingerprint density at radius 3 is 1.11 bits per heavy atom. The zero-order chi connectivity index (χ0) is 36.3. The van der Waals surface area contributed by atoms with Crippen molar-refractivity contribution in [3.8, 4) is 66.8 Å². The standard InChI is InChI=1S/C55H34/c1-29-13-12-20-34-30(2)46-41-25-21-37-39-23-27-43-53-44(28-24-40(51(39)53)38-22-26-42(52(41)50(37)38)47(46)31(3)45(29)34)55-49(33-16-8-5-9-17-33)36-19-11-10-18-35(36)48(54(43)55)32-14-6-4-7-15-32/h4-28H,1-3H3. The Morgan fingerprint density at radius 2 is 0.636 bits per heavy atom. The zero-order valence-corrected chi connectivity index (χ0v) is 30.9. The van der Waals surface area contributed by atoms with Crippen LogP contribution in [-0.4, -0.2) is 0 Å². The van der Waals surface area contributed by atoms with Gasteiger partial charge in [0.05, 0.1) is 0 Å². The summed E-state index contributed by atoms with van der Waals surface area (Å²) in [6.07, 6.45) is 0. The van der Waals surface area contributed by atoms with Gasteiger partial charge in [0.15, 0.2) is 0 Å². The number of rotatable bonds is 2. The third kappa shape index (κ3) is 3.50. The lowest BCUT2D eigenvalue weighted by Crippen LogP contribution is -1.93. The van der Waals surface area contributed by atoms with Crippen LogP contribution in [0.4, 0.5) is 0 Å². The van der Waals surface area contributed by atoms with Crippen LogP contribution in [0.1, 0.15) is 16.7 Å². The van der Waals surface area contributed by atoms with Crippen LogP contribution in [-0.2, 0) is 0 Å². The molecule has 0 radical (unpaired) electrons. The van der Waals surface area contributed by atoms with Crippen LogP contribution in [0.3, 0.4) is 0 Å². The minimum atomic E-state index is 1.26. The van der Waals surface area contributed by atoms with Crippen molar-refractivity contribution in [2.45, 2.75) is 20.8 Å². The van der Waals surface area contributed by atoms with Gasteiger partial charge in [-0.05, 0) is 169 Å². The van der Waals surface area contributed by atoms with Crippen molar-refractivity contribution in [2.75, 3.05) is 0 Å². The van der Waals surface area contributed by atoms with E-state index in [1.165, 1.54) is 148 Å². The molecule has 0 N–H and O–H groups in total. The average molecular weight is 695 g/mol. The largest absolute Gasteiger partial charge is 0.0622 e. The summed E-state index contributed by atoms with van der Waals surface area (Å²) in [6.45, 7) is 6.94. The molecule has 11 aromatic carbocycles. The molecule has 0 saturated carbocycles. The van der Waals surface area contributed by atoms with E-state index in [2.05, 4.69) is 172 Å². The maximum atomic E-state index is 2.44. The van der Waals surface area contributed by atoms with Gasteiger partial charge in [-0.25, -0.2) is 0 Å². The van der Waals surface area contributed by atoms with E-state index in [4.69, 9.17) is 0 Å². The molecule has 55 heavy (non-hydrogen) atoms. The van der Waals surface area contributed by atoms with Crippen LogP contribution in [0.15, 0.2) is 152 Å². The Morgan fingerprint density at radius 1 is 0.236 bits per heavy atom. The molecule has 0 bridgehead atoms. The predicted octanol–water partition coefficient (Wildman–Crippen LogP) is 15.6. The van der Waals surface area contributed by atoms with E-state index in [1.807, 2.05) is 0 Å². The fourth-order valence-corrected chi connectivity index (χ4v) is 11.3. The van der Waals surface area contributed by atoms with E-state index in [0.29, 0.717) is 0 Å². The first-order chi connectivity index (χ1) is 27.1. The van der Waals surface area contributed by atoms with Gasteiger partial charge in [0.1, 0.15) is 0 Å². The van der Waals surface area contributed by atoms with Crippen LogP contribution >= 0.6 is 0 Å². The molecule has 0 heteroatoms. The van der Waals surface area contributed by atoms with E-state index < -0.39 is 0 Å². The van der Waals surface area contributed by atoms with Gasteiger partial charge in [0.25, 0.3) is 0 Å². The van der Waals surface area contributed by atoms with E-state index in [1.54, 1.807) is 0 Å². The number of hydrogen-bond donors (Lipinski definition) is 0. The molecular weight excluding hydrogens is 661 g/mol. The molecule has 254 valence electrons. The number of aryl methyl sites for hydroxylation is 3. The average Bonchev–Trinajstić information content (AvgIpc) is 3.75. The third-order valence-electron chi connectivity index (χ3n) is 13.4.